The molecule has 3 aromatic carbocycles. The lowest BCUT2D eigenvalue weighted by molar-refractivity contribution is -0.120. The van der Waals surface area contributed by atoms with E-state index in [1.54, 1.807) is 25.3 Å². The fraction of sp³-hybridized carbons (Fsp3) is 0.154. The molecule has 2 amide bonds. The molecule has 0 unspecified atom stereocenters. The van der Waals surface area contributed by atoms with E-state index < -0.39 is 5.91 Å². The van der Waals surface area contributed by atoms with E-state index in [9.17, 15) is 9.59 Å². The third-order valence-electron chi connectivity index (χ3n) is 5.39. The Labute approximate surface area is 187 Å². The zero-order chi connectivity index (χ0) is 22.7. The molecule has 1 aliphatic rings. The van der Waals surface area contributed by atoms with Gasteiger partial charge in [0.1, 0.15) is 17.2 Å². The minimum Gasteiger partial charge on any atom is -0.497 e. The van der Waals surface area contributed by atoms with Gasteiger partial charge in [-0.15, -0.1) is 0 Å². The summed E-state index contributed by atoms with van der Waals surface area (Å²) in [5.74, 6) is 0.170. The summed E-state index contributed by atoms with van der Waals surface area (Å²) in [5.41, 5.74) is 2.82. The van der Waals surface area contributed by atoms with Crippen molar-refractivity contribution >= 4 is 23.1 Å². The number of ether oxygens (including phenoxy) is 2. The quantitative estimate of drug-likeness (QED) is 0.530. The van der Waals surface area contributed by atoms with Crippen molar-refractivity contribution in [3.8, 4) is 11.5 Å². The second-order valence-electron chi connectivity index (χ2n) is 7.41. The predicted molar refractivity (Wildman–Crippen MR) is 123 cm³/mol. The Morgan fingerprint density at radius 2 is 1.47 bits per heavy atom. The van der Waals surface area contributed by atoms with Crippen molar-refractivity contribution in [1.29, 1.82) is 0 Å². The number of rotatable bonds is 7. The number of amides is 2. The molecular weight excluding hydrogens is 404 g/mol. The third-order valence-corrected chi connectivity index (χ3v) is 5.39. The average Bonchev–Trinajstić information content (AvgIpc) is 3.09. The first-order valence-electron chi connectivity index (χ1n) is 10.2. The summed E-state index contributed by atoms with van der Waals surface area (Å²) in [6, 6.07) is 24.1. The molecule has 0 aliphatic carbocycles. The zero-order valence-electron chi connectivity index (χ0n) is 18.2. The number of nitrogens with zero attached hydrogens (tertiary/aromatic N) is 2. The summed E-state index contributed by atoms with van der Waals surface area (Å²) in [4.78, 5) is 30.3. The molecule has 0 bridgehead atoms. The lowest BCUT2D eigenvalue weighted by Gasteiger charge is -2.22. The second kappa shape index (κ2) is 8.98. The molecule has 0 fully saturated rings. The number of imide groups is 1. The van der Waals surface area contributed by atoms with Crippen LogP contribution < -0.4 is 14.4 Å². The van der Waals surface area contributed by atoms with Crippen LogP contribution in [0, 0.1) is 0 Å². The van der Waals surface area contributed by atoms with Crippen LogP contribution in [0.3, 0.4) is 0 Å². The van der Waals surface area contributed by atoms with E-state index in [0.717, 1.165) is 5.56 Å². The number of carbonyl (C=O) groups excluding carboxylic acids is 2. The van der Waals surface area contributed by atoms with Crippen LogP contribution in [-0.4, -0.2) is 38.0 Å². The van der Waals surface area contributed by atoms with Crippen LogP contribution in [0.5, 0.6) is 11.5 Å². The lowest BCUT2D eigenvalue weighted by Crippen LogP contribution is -2.34. The van der Waals surface area contributed by atoms with Gasteiger partial charge in [0.25, 0.3) is 11.8 Å². The largest absolute Gasteiger partial charge is 0.497 e. The van der Waals surface area contributed by atoms with E-state index in [1.807, 2.05) is 72.6 Å². The Kier molecular flexibility index (Phi) is 5.94. The molecule has 0 aromatic heterocycles. The van der Waals surface area contributed by atoms with E-state index >= 15 is 0 Å². The molecule has 162 valence electrons. The van der Waals surface area contributed by atoms with Gasteiger partial charge in [-0.25, -0.2) is 4.90 Å². The first-order chi connectivity index (χ1) is 15.5. The van der Waals surface area contributed by atoms with E-state index in [1.165, 1.54) is 12.0 Å². The number of benzene rings is 3. The fourth-order valence-electron chi connectivity index (χ4n) is 3.86. The Hall–Kier alpha value is -4.06. The van der Waals surface area contributed by atoms with Gasteiger partial charge in [0.15, 0.2) is 0 Å². The van der Waals surface area contributed by atoms with Gasteiger partial charge >= 0.3 is 0 Å². The Morgan fingerprint density at radius 3 is 2.09 bits per heavy atom. The minimum absolute atomic E-state index is 0.350. The number of hydrogen-bond donors (Lipinski definition) is 0. The fourth-order valence-corrected chi connectivity index (χ4v) is 3.86. The maximum atomic E-state index is 13.7. The Morgan fingerprint density at radius 1 is 0.812 bits per heavy atom. The third kappa shape index (κ3) is 3.83. The number of anilines is 1. The van der Waals surface area contributed by atoms with Crippen LogP contribution in [0.25, 0.3) is 5.57 Å². The molecule has 0 saturated carbocycles. The smallest absolute Gasteiger partial charge is 0.282 e. The minimum atomic E-state index is -0.393. The number of hydrogen-bond acceptors (Lipinski definition) is 5. The van der Waals surface area contributed by atoms with Crippen molar-refractivity contribution < 1.29 is 19.1 Å². The molecule has 6 heteroatoms. The van der Waals surface area contributed by atoms with Crippen LogP contribution in [0.2, 0.25) is 0 Å². The Balaban J connectivity index is 1.81. The highest BCUT2D eigenvalue weighted by Crippen LogP contribution is 2.40. The molecule has 0 spiro atoms. The standard InChI is InChI=1S/C26H24N2O4/c1-27(17-18-10-6-4-7-11-18)24-23(19-12-8-5-9-13-19)25(29)28(26(24)30)21-15-14-20(31-2)16-22(21)32-3/h4-16H,17H2,1-3H3. The van der Waals surface area contributed by atoms with E-state index in [-0.39, 0.29) is 5.91 Å². The van der Waals surface area contributed by atoms with Crippen molar-refractivity contribution in [3.63, 3.8) is 0 Å². The highest BCUT2D eigenvalue weighted by molar-refractivity contribution is 6.45. The molecule has 3 aromatic rings. The summed E-state index contributed by atoms with van der Waals surface area (Å²) < 4.78 is 10.7. The van der Waals surface area contributed by atoms with Crippen LogP contribution in [0.4, 0.5) is 5.69 Å². The maximum absolute atomic E-state index is 13.7. The molecule has 6 nitrogen and oxygen atoms in total. The lowest BCUT2D eigenvalue weighted by atomic mass is 10.0. The SMILES string of the molecule is COc1ccc(N2C(=O)C(c3ccccc3)=C(N(C)Cc3ccccc3)C2=O)c(OC)c1. The molecule has 1 aliphatic heterocycles. The van der Waals surface area contributed by atoms with Crippen molar-refractivity contribution in [2.45, 2.75) is 6.54 Å². The van der Waals surface area contributed by atoms with Gasteiger partial charge in [0.2, 0.25) is 0 Å². The van der Waals surface area contributed by atoms with Gasteiger partial charge in [0, 0.05) is 19.7 Å². The monoisotopic (exact) mass is 428 g/mol. The van der Waals surface area contributed by atoms with Crippen LogP contribution in [0.15, 0.2) is 84.6 Å². The molecule has 32 heavy (non-hydrogen) atoms. The summed E-state index contributed by atoms with van der Waals surface area (Å²) in [5, 5.41) is 0. The van der Waals surface area contributed by atoms with Gasteiger partial charge in [-0.2, -0.15) is 0 Å². The van der Waals surface area contributed by atoms with Crippen molar-refractivity contribution in [3.05, 3.63) is 95.7 Å². The first kappa shape index (κ1) is 21.2. The predicted octanol–water partition coefficient (Wildman–Crippen LogP) is 4.12. The van der Waals surface area contributed by atoms with E-state index in [4.69, 9.17) is 9.47 Å². The van der Waals surface area contributed by atoms with E-state index in [0.29, 0.717) is 40.6 Å². The molecule has 4 rings (SSSR count). The summed E-state index contributed by atoms with van der Waals surface area (Å²) in [6.45, 7) is 0.485. The first-order valence-corrected chi connectivity index (χ1v) is 10.2. The van der Waals surface area contributed by atoms with Gasteiger partial charge in [-0.05, 0) is 23.3 Å². The molecule has 0 atom stereocenters. The number of methoxy groups -OCH3 is 2. The number of carbonyl (C=O) groups is 2. The average molecular weight is 428 g/mol. The van der Waals surface area contributed by atoms with Gasteiger partial charge in [-0.3, -0.25) is 9.59 Å². The van der Waals surface area contributed by atoms with E-state index in [2.05, 4.69) is 0 Å². The number of likely N-dealkylation sites (N-methyl/N-ethyl adjacent to an activating group) is 1. The van der Waals surface area contributed by atoms with Gasteiger partial charge in [-0.1, -0.05) is 60.7 Å². The normalized spacial score (nSPS) is 13.5. The Bertz CT molecular complexity index is 1170. The summed E-state index contributed by atoms with van der Waals surface area (Å²) in [6.07, 6.45) is 0. The highest BCUT2D eigenvalue weighted by Gasteiger charge is 2.42. The molecular formula is C26H24N2O4. The molecule has 1 heterocycles. The summed E-state index contributed by atoms with van der Waals surface area (Å²) in [7, 11) is 4.87. The van der Waals surface area contributed by atoms with Gasteiger partial charge < -0.3 is 14.4 Å². The van der Waals surface area contributed by atoms with Crippen molar-refractivity contribution in [2.24, 2.45) is 0 Å². The molecule has 0 radical (unpaired) electrons. The second-order valence-corrected chi connectivity index (χ2v) is 7.41. The van der Waals surface area contributed by atoms with Crippen molar-refractivity contribution in [1.82, 2.24) is 4.90 Å². The summed E-state index contributed by atoms with van der Waals surface area (Å²) >= 11 is 0. The van der Waals surface area contributed by atoms with Crippen LogP contribution in [-0.2, 0) is 16.1 Å². The van der Waals surface area contributed by atoms with Gasteiger partial charge in [0.05, 0.1) is 25.5 Å². The zero-order valence-corrected chi connectivity index (χ0v) is 18.2. The van der Waals surface area contributed by atoms with Crippen LogP contribution in [0.1, 0.15) is 11.1 Å². The maximum Gasteiger partial charge on any atom is 0.282 e. The topological polar surface area (TPSA) is 59.1 Å². The van der Waals surface area contributed by atoms with Crippen molar-refractivity contribution in [2.75, 3.05) is 26.2 Å². The van der Waals surface area contributed by atoms with Crippen LogP contribution >= 0.6 is 0 Å². The highest BCUT2D eigenvalue weighted by atomic mass is 16.5. The molecule has 0 N–H and O–H groups in total. The molecule has 0 saturated heterocycles.